The summed E-state index contributed by atoms with van der Waals surface area (Å²) >= 11 is 0. The highest BCUT2D eigenvalue weighted by Crippen LogP contribution is 2.83. The Hall–Kier alpha value is -3.65. The minimum absolute atomic E-state index is 0.00989. The summed E-state index contributed by atoms with van der Waals surface area (Å²) in [5, 5.41) is 22.1. The summed E-state index contributed by atoms with van der Waals surface area (Å²) in [6, 6.07) is 1.81. The van der Waals surface area contributed by atoms with Crippen molar-refractivity contribution in [3.8, 4) is 0 Å². The number of aliphatic hydroxyl groups is 1. The first-order chi connectivity index (χ1) is 23.3. The SMILES string of the molecule is COC(=O)[C@]1(C)[C@H](O)C[C@H](OC(C)=O)[C@]2(C)[C@H]3[C@@H](OC(=O)O)[C@H](OC(=O)C(C)C)[C@@]4(C)[C@H](c5ccoc5)C[C@H]5O[C@]54[C@]3(C)[C@H](OC(C)=O)C[C@@H]12. The number of methoxy groups -OCH3 is 1. The number of carbonyl (C=O) groups is 5. The maximum atomic E-state index is 13.8. The second-order valence-corrected chi connectivity index (χ2v) is 16.0. The summed E-state index contributed by atoms with van der Waals surface area (Å²) in [6.45, 7) is 12.9. The van der Waals surface area contributed by atoms with Crippen molar-refractivity contribution in [3.05, 3.63) is 24.2 Å². The molecule has 1 aliphatic heterocycles. The molecular weight excluding hydrogens is 656 g/mol. The van der Waals surface area contributed by atoms with Gasteiger partial charge < -0.3 is 43.1 Å². The van der Waals surface area contributed by atoms with Crippen molar-refractivity contribution in [2.45, 2.75) is 123 Å². The zero-order valence-electron chi connectivity index (χ0n) is 29.9. The molecule has 0 bridgehead atoms. The van der Waals surface area contributed by atoms with E-state index < -0.39 is 112 Å². The van der Waals surface area contributed by atoms with Crippen LogP contribution in [0.25, 0.3) is 0 Å². The molecule has 0 aromatic carbocycles. The van der Waals surface area contributed by atoms with E-state index in [-0.39, 0.29) is 18.8 Å². The van der Waals surface area contributed by atoms with Crippen LogP contribution in [-0.2, 0) is 47.6 Å². The van der Waals surface area contributed by atoms with Crippen LogP contribution < -0.4 is 0 Å². The summed E-state index contributed by atoms with van der Waals surface area (Å²) in [4.78, 5) is 66.1. The molecule has 6 rings (SSSR count). The normalized spacial score (nSPS) is 45.5. The molecule has 14 atom stereocenters. The molecule has 50 heavy (non-hydrogen) atoms. The van der Waals surface area contributed by atoms with Gasteiger partial charge in [0.2, 0.25) is 0 Å². The van der Waals surface area contributed by atoms with E-state index in [0.29, 0.717) is 6.42 Å². The fourth-order valence-electron chi connectivity index (χ4n) is 11.7. The Morgan fingerprint density at radius 3 is 2.08 bits per heavy atom. The van der Waals surface area contributed by atoms with Crippen LogP contribution in [0.4, 0.5) is 4.79 Å². The lowest BCUT2D eigenvalue weighted by atomic mass is 9.33. The van der Waals surface area contributed by atoms with Gasteiger partial charge in [-0.3, -0.25) is 19.2 Å². The zero-order chi connectivity index (χ0) is 36.9. The maximum Gasteiger partial charge on any atom is 0.506 e. The van der Waals surface area contributed by atoms with Gasteiger partial charge in [0.05, 0.1) is 43.2 Å². The molecule has 0 unspecified atom stereocenters. The molecule has 0 radical (unpaired) electrons. The molecule has 2 N–H and O–H groups in total. The average molecular weight is 705 g/mol. The highest BCUT2D eigenvalue weighted by atomic mass is 16.7. The summed E-state index contributed by atoms with van der Waals surface area (Å²) < 4.78 is 42.1. The molecule has 1 aromatic heterocycles. The van der Waals surface area contributed by atoms with Crippen LogP contribution in [0.1, 0.15) is 86.1 Å². The number of ether oxygens (including phenoxy) is 6. The van der Waals surface area contributed by atoms with Crippen molar-refractivity contribution in [2.24, 2.45) is 39.4 Å². The van der Waals surface area contributed by atoms with Gasteiger partial charge in [-0.05, 0) is 37.3 Å². The Morgan fingerprint density at radius 2 is 1.54 bits per heavy atom. The third-order valence-corrected chi connectivity index (χ3v) is 13.6. The molecule has 0 amide bonds. The van der Waals surface area contributed by atoms with Crippen LogP contribution in [0.15, 0.2) is 23.0 Å². The molecular formula is C36H48O14. The lowest BCUT2D eigenvalue weighted by molar-refractivity contribution is -0.329. The second-order valence-electron chi connectivity index (χ2n) is 16.0. The minimum Gasteiger partial charge on any atom is -0.472 e. The van der Waals surface area contributed by atoms with Gasteiger partial charge >= 0.3 is 30.0 Å². The lowest BCUT2D eigenvalue weighted by Crippen LogP contribution is -2.81. The van der Waals surface area contributed by atoms with E-state index in [9.17, 15) is 34.2 Å². The van der Waals surface area contributed by atoms with Crippen molar-refractivity contribution in [1.29, 1.82) is 0 Å². The average Bonchev–Trinajstić information content (AvgIpc) is 3.38. The van der Waals surface area contributed by atoms with Crippen LogP contribution in [0.3, 0.4) is 0 Å². The fraction of sp³-hybridized carbons (Fsp3) is 0.750. The monoisotopic (exact) mass is 704 g/mol. The number of carboxylic acid groups (broad SMARTS) is 1. The van der Waals surface area contributed by atoms with Gasteiger partial charge in [0.15, 0.2) is 0 Å². The van der Waals surface area contributed by atoms with Crippen molar-refractivity contribution in [3.63, 3.8) is 0 Å². The largest absolute Gasteiger partial charge is 0.506 e. The van der Waals surface area contributed by atoms with Gasteiger partial charge in [0.1, 0.15) is 30.0 Å². The Kier molecular flexibility index (Phi) is 8.45. The summed E-state index contributed by atoms with van der Waals surface area (Å²) in [5.41, 5.74) is -5.95. The number of rotatable bonds is 7. The number of aliphatic hydroxyl groups excluding tert-OH is 1. The van der Waals surface area contributed by atoms with Gasteiger partial charge in [0.25, 0.3) is 0 Å². The zero-order valence-corrected chi connectivity index (χ0v) is 29.9. The van der Waals surface area contributed by atoms with Gasteiger partial charge in [-0.1, -0.05) is 34.6 Å². The van der Waals surface area contributed by atoms with Gasteiger partial charge in [0, 0.05) is 48.3 Å². The van der Waals surface area contributed by atoms with Crippen LogP contribution >= 0.6 is 0 Å². The molecule has 2 heterocycles. The number of epoxide rings is 1. The predicted octanol–water partition coefficient (Wildman–Crippen LogP) is 4.01. The maximum absolute atomic E-state index is 13.8. The van der Waals surface area contributed by atoms with Crippen molar-refractivity contribution < 1.29 is 67.0 Å². The number of furan rings is 1. The lowest BCUT2D eigenvalue weighted by Gasteiger charge is -2.72. The van der Waals surface area contributed by atoms with Gasteiger partial charge in [-0.15, -0.1) is 0 Å². The van der Waals surface area contributed by atoms with Crippen molar-refractivity contribution >= 4 is 30.0 Å². The highest BCUT2D eigenvalue weighted by molar-refractivity contribution is 5.78. The third kappa shape index (κ3) is 4.48. The Morgan fingerprint density at radius 1 is 0.900 bits per heavy atom. The molecule has 1 aromatic rings. The molecule has 5 fully saturated rings. The molecule has 4 aliphatic carbocycles. The first-order valence-corrected chi connectivity index (χ1v) is 17.2. The molecule has 4 saturated carbocycles. The molecule has 14 heteroatoms. The fourth-order valence-corrected chi connectivity index (χ4v) is 11.7. The van der Waals surface area contributed by atoms with Crippen LogP contribution in [-0.4, -0.2) is 89.6 Å². The van der Waals surface area contributed by atoms with Crippen molar-refractivity contribution in [1.82, 2.24) is 0 Å². The van der Waals surface area contributed by atoms with Crippen LogP contribution in [0, 0.1) is 39.4 Å². The summed E-state index contributed by atoms with van der Waals surface area (Å²) in [6.07, 6.45) is -5.01. The van der Waals surface area contributed by atoms with E-state index in [2.05, 4.69) is 0 Å². The molecule has 276 valence electrons. The predicted molar refractivity (Wildman–Crippen MR) is 169 cm³/mol. The second kappa shape index (κ2) is 11.7. The standard InChI is InChI=1S/C36H48O14/c1-16(2)29(40)49-28-26(48-31(42)43)27-33(6)21(32(5,30(41)44-9)22(39)14-23(33)46-17(3)37)13-24(47-18(4)38)35(27,8)36-25(50-36)12-20(34(28,36)7)19-10-11-45-15-19/h10-11,15-16,20-28,39H,12-14H2,1-9H3,(H,42,43)/t20-,21-,22+,23-,24+,25+,26+,27+,28-,32-,33+,34+,35+,36+/m0/s1. The Balaban J connectivity index is 1.70. The number of hydrogen-bond acceptors (Lipinski definition) is 13. The van der Waals surface area contributed by atoms with E-state index in [0.717, 1.165) is 5.56 Å². The summed E-state index contributed by atoms with van der Waals surface area (Å²) in [5.74, 6) is -5.66. The van der Waals surface area contributed by atoms with Crippen molar-refractivity contribution in [2.75, 3.05) is 7.11 Å². The molecule has 1 spiro atoms. The summed E-state index contributed by atoms with van der Waals surface area (Å²) in [7, 11) is 1.20. The van der Waals surface area contributed by atoms with Crippen LogP contribution in [0.2, 0.25) is 0 Å². The third-order valence-electron chi connectivity index (χ3n) is 13.6. The topological polar surface area (TPSA) is 198 Å². The van der Waals surface area contributed by atoms with E-state index in [1.54, 1.807) is 40.0 Å². The van der Waals surface area contributed by atoms with E-state index in [1.165, 1.54) is 27.2 Å². The quantitative estimate of drug-likeness (QED) is 0.234. The van der Waals surface area contributed by atoms with Gasteiger partial charge in [-0.25, -0.2) is 4.79 Å². The van der Waals surface area contributed by atoms with Crippen LogP contribution in [0.5, 0.6) is 0 Å². The number of hydrogen-bond donors (Lipinski definition) is 2. The molecule has 1 saturated heterocycles. The first kappa shape index (κ1) is 36.2. The van der Waals surface area contributed by atoms with E-state index >= 15 is 0 Å². The smallest absolute Gasteiger partial charge is 0.472 e. The molecule has 14 nitrogen and oxygen atoms in total. The molecule has 5 aliphatic rings. The highest BCUT2D eigenvalue weighted by Gasteiger charge is 2.93. The van der Waals surface area contributed by atoms with Gasteiger partial charge in [-0.2, -0.15) is 0 Å². The minimum atomic E-state index is -1.65. The first-order valence-electron chi connectivity index (χ1n) is 17.2. The van der Waals surface area contributed by atoms with E-state index in [4.69, 9.17) is 32.8 Å². The van der Waals surface area contributed by atoms with E-state index in [1.807, 2.05) is 13.8 Å². The number of fused-ring (bicyclic) bond motifs is 3. The number of esters is 4. The number of carbonyl (C=O) groups excluding carboxylic acids is 4. The Bertz CT molecular complexity index is 1570. The Labute approximate surface area is 290 Å².